The quantitative estimate of drug-likeness (QED) is 0.503. The van der Waals surface area contributed by atoms with Crippen LogP contribution in [0.15, 0.2) is 53.3 Å². The Labute approximate surface area is 154 Å². The number of nitrogens with zero attached hydrogens (tertiary/aromatic N) is 2. The van der Waals surface area contributed by atoms with Gasteiger partial charge in [-0.2, -0.15) is 0 Å². The van der Waals surface area contributed by atoms with Crippen molar-refractivity contribution in [1.82, 2.24) is 9.47 Å². The van der Waals surface area contributed by atoms with Crippen molar-refractivity contribution in [2.75, 3.05) is 32.8 Å². The molecule has 3 aromatic rings. The molecule has 4 heteroatoms. The van der Waals surface area contributed by atoms with E-state index in [-0.39, 0.29) is 5.43 Å². The van der Waals surface area contributed by atoms with Gasteiger partial charge in [0.25, 0.3) is 0 Å². The molecule has 0 spiro atoms. The summed E-state index contributed by atoms with van der Waals surface area (Å²) in [4.78, 5) is 15.3. The summed E-state index contributed by atoms with van der Waals surface area (Å²) < 4.78 is 7.73. The summed E-state index contributed by atoms with van der Waals surface area (Å²) in [6.45, 7) is 5.98. The molecule has 0 N–H and O–H groups in total. The molecule has 136 valence electrons. The van der Waals surface area contributed by atoms with E-state index in [1.54, 1.807) is 0 Å². The Hall–Kier alpha value is -2.17. The van der Waals surface area contributed by atoms with Crippen molar-refractivity contribution in [2.45, 2.75) is 25.8 Å². The molecule has 0 unspecified atom stereocenters. The Bertz CT molecular complexity index is 882. The maximum atomic E-state index is 12.8. The van der Waals surface area contributed by atoms with E-state index in [1.165, 1.54) is 12.8 Å². The van der Waals surface area contributed by atoms with E-state index in [9.17, 15) is 4.79 Å². The van der Waals surface area contributed by atoms with Gasteiger partial charge in [0.2, 0.25) is 0 Å². The minimum atomic E-state index is 0.139. The Morgan fingerprint density at radius 3 is 2.00 bits per heavy atom. The summed E-state index contributed by atoms with van der Waals surface area (Å²) in [5.74, 6) is 0. The molecule has 0 radical (unpaired) electrons. The number of fused-ring (bicyclic) bond motifs is 2. The Balaban J connectivity index is 1.50. The second-order valence-electron chi connectivity index (χ2n) is 7.03. The highest BCUT2D eigenvalue weighted by Gasteiger charge is 2.11. The predicted molar refractivity (Wildman–Crippen MR) is 107 cm³/mol. The van der Waals surface area contributed by atoms with Crippen molar-refractivity contribution in [2.24, 2.45) is 0 Å². The van der Waals surface area contributed by atoms with E-state index >= 15 is 0 Å². The molecule has 0 aliphatic carbocycles. The van der Waals surface area contributed by atoms with Crippen molar-refractivity contribution >= 4 is 21.8 Å². The summed E-state index contributed by atoms with van der Waals surface area (Å²) in [6.07, 6.45) is 3.55. The van der Waals surface area contributed by atoms with Crippen LogP contribution >= 0.6 is 0 Å². The summed E-state index contributed by atoms with van der Waals surface area (Å²) >= 11 is 0. The first-order valence-corrected chi connectivity index (χ1v) is 9.65. The van der Waals surface area contributed by atoms with Crippen LogP contribution in [0.3, 0.4) is 0 Å². The maximum Gasteiger partial charge on any atom is 0.197 e. The number of benzene rings is 2. The molecule has 0 atom stereocenters. The van der Waals surface area contributed by atoms with Gasteiger partial charge < -0.3 is 9.30 Å². The summed E-state index contributed by atoms with van der Waals surface area (Å²) in [5.41, 5.74) is 2.23. The second kappa shape index (κ2) is 8.02. The van der Waals surface area contributed by atoms with Gasteiger partial charge >= 0.3 is 0 Å². The fraction of sp³-hybridized carbons (Fsp3) is 0.409. The van der Waals surface area contributed by atoms with Crippen LogP contribution in [0.25, 0.3) is 21.8 Å². The highest BCUT2D eigenvalue weighted by molar-refractivity contribution is 5.93. The number of unbranched alkanes of at least 4 members (excludes halogenated alkanes) is 2. The van der Waals surface area contributed by atoms with Gasteiger partial charge in [0.1, 0.15) is 0 Å². The number of pyridine rings is 1. The number of rotatable bonds is 6. The Kier molecular flexibility index (Phi) is 5.32. The van der Waals surface area contributed by atoms with Crippen LogP contribution in [0.5, 0.6) is 0 Å². The lowest BCUT2D eigenvalue weighted by Gasteiger charge is -2.26. The molecule has 1 aliphatic rings. The number of aryl methyl sites for hydroxylation is 1. The SMILES string of the molecule is O=c1c2ccccc2n(CCCCCN2CCOCC2)c2ccccc12. The number of morpholine rings is 1. The molecule has 1 saturated heterocycles. The van der Waals surface area contributed by atoms with Gasteiger partial charge in [0, 0.05) is 30.4 Å². The van der Waals surface area contributed by atoms with Crippen LogP contribution < -0.4 is 5.43 Å². The Morgan fingerprint density at radius 1 is 0.769 bits per heavy atom. The average molecular weight is 350 g/mol. The Morgan fingerprint density at radius 2 is 1.35 bits per heavy atom. The molecule has 1 aromatic heterocycles. The lowest BCUT2D eigenvalue weighted by atomic mass is 10.1. The standard InChI is InChI=1S/C22H26N2O2/c25-22-18-8-2-4-10-20(18)24(21-11-5-3-9-19(21)22)13-7-1-6-12-23-14-16-26-17-15-23/h2-5,8-11H,1,6-7,12-17H2. The van der Waals surface area contributed by atoms with Crippen molar-refractivity contribution in [1.29, 1.82) is 0 Å². The fourth-order valence-electron chi connectivity index (χ4n) is 3.92. The molecular weight excluding hydrogens is 324 g/mol. The van der Waals surface area contributed by atoms with E-state index < -0.39 is 0 Å². The summed E-state index contributed by atoms with van der Waals surface area (Å²) in [6, 6.07) is 16.0. The van der Waals surface area contributed by atoms with Crippen LogP contribution in [-0.2, 0) is 11.3 Å². The van der Waals surface area contributed by atoms with Crippen molar-refractivity contribution in [3.63, 3.8) is 0 Å². The lowest BCUT2D eigenvalue weighted by Crippen LogP contribution is -2.36. The molecule has 1 fully saturated rings. The normalized spacial score (nSPS) is 15.7. The smallest absolute Gasteiger partial charge is 0.197 e. The zero-order valence-electron chi connectivity index (χ0n) is 15.2. The van der Waals surface area contributed by atoms with Gasteiger partial charge in [0.15, 0.2) is 5.43 Å². The van der Waals surface area contributed by atoms with E-state index in [4.69, 9.17) is 4.74 Å². The largest absolute Gasteiger partial charge is 0.379 e. The third-order valence-corrected chi connectivity index (χ3v) is 5.34. The molecule has 4 nitrogen and oxygen atoms in total. The van der Waals surface area contributed by atoms with Crippen LogP contribution in [0.4, 0.5) is 0 Å². The van der Waals surface area contributed by atoms with Crippen LogP contribution in [0, 0.1) is 0 Å². The number of hydrogen-bond acceptors (Lipinski definition) is 3. The molecule has 4 rings (SSSR count). The van der Waals surface area contributed by atoms with E-state index in [0.29, 0.717) is 0 Å². The first kappa shape index (κ1) is 17.3. The summed E-state index contributed by atoms with van der Waals surface area (Å²) in [5, 5.41) is 1.64. The van der Waals surface area contributed by atoms with Gasteiger partial charge in [-0.15, -0.1) is 0 Å². The zero-order valence-corrected chi connectivity index (χ0v) is 15.2. The monoisotopic (exact) mass is 350 g/mol. The average Bonchev–Trinajstić information content (AvgIpc) is 2.71. The van der Waals surface area contributed by atoms with Gasteiger partial charge in [0.05, 0.1) is 24.2 Å². The first-order chi connectivity index (χ1) is 12.8. The van der Waals surface area contributed by atoms with Gasteiger partial charge in [-0.1, -0.05) is 30.7 Å². The number of hydrogen-bond donors (Lipinski definition) is 0. The molecule has 0 amide bonds. The predicted octanol–water partition coefficient (Wildman–Crippen LogP) is 3.66. The lowest BCUT2D eigenvalue weighted by molar-refractivity contribution is 0.0371. The van der Waals surface area contributed by atoms with Gasteiger partial charge in [-0.05, 0) is 43.7 Å². The van der Waals surface area contributed by atoms with Crippen LogP contribution in [0.1, 0.15) is 19.3 Å². The van der Waals surface area contributed by atoms with Crippen LogP contribution in [0.2, 0.25) is 0 Å². The van der Waals surface area contributed by atoms with Crippen molar-refractivity contribution < 1.29 is 4.74 Å². The van der Waals surface area contributed by atoms with E-state index in [2.05, 4.69) is 21.6 Å². The number of para-hydroxylation sites is 2. The van der Waals surface area contributed by atoms with Crippen molar-refractivity contribution in [3.8, 4) is 0 Å². The summed E-state index contributed by atoms with van der Waals surface area (Å²) in [7, 11) is 0. The minimum absolute atomic E-state index is 0.139. The second-order valence-corrected chi connectivity index (χ2v) is 7.03. The molecular formula is C22H26N2O2. The number of aromatic nitrogens is 1. The third kappa shape index (κ3) is 3.53. The molecule has 2 aromatic carbocycles. The number of ether oxygens (including phenoxy) is 1. The van der Waals surface area contributed by atoms with Gasteiger partial charge in [-0.3, -0.25) is 9.69 Å². The highest BCUT2D eigenvalue weighted by Crippen LogP contribution is 2.20. The first-order valence-electron chi connectivity index (χ1n) is 9.65. The topological polar surface area (TPSA) is 34.5 Å². The van der Waals surface area contributed by atoms with E-state index in [0.717, 1.165) is 67.6 Å². The molecule has 26 heavy (non-hydrogen) atoms. The van der Waals surface area contributed by atoms with Crippen molar-refractivity contribution in [3.05, 3.63) is 58.8 Å². The molecule has 2 heterocycles. The maximum absolute atomic E-state index is 12.8. The zero-order chi connectivity index (χ0) is 17.8. The van der Waals surface area contributed by atoms with Crippen LogP contribution in [-0.4, -0.2) is 42.3 Å². The fourth-order valence-corrected chi connectivity index (χ4v) is 3.92. The van der Waals surface area contributed by atoms with E-state index in [1.807, 2.05) is 36.4 Å². The minimum Gasteiger partial charge on any atom is -0.379 e. The highest BCUT2D eigenvalue weighted by atomic mass is 16.5. The molecule has 1 aliphatic heterocycles. The molecule has 0 saturated carbocycles. The molecule has 0 bridgehead atoms. The van der Waals surface area contributed by atoms with Gasteiger partial charge in [-0.25, -0.2) is 0 Å². The third-order valence-electron chi connectivity index (χ3n) is 5.34.